The first-order chi connectivity index (χ1) is 9.61. The van der Waals surface area contributed by atoms with Crippen LogP contribution >= 0.6 is 11.3 Å². The molecule has 2 heterocycles. The number of carboxylic acid groups (broad SMARTS) is 1. The Morgan fingerprint density at radius 2 is 2.40 bits per heavy atom. The molecule has 0 saturated heterocycles. The van der Waals surface area contributed by atoms with E-state index in [9.17, 15) is 9.59 Å². The summed E-state index contributed by atoms with van der Waals surface area (Å²) in [6.07, 6.45) is 1.05. The van der Waals surface area contributed by atoms with Crippen molar-refractivity contribution in [3.8, 4) is 0 Å². The summed E-state index contributed by atoms with van der Waals surface area (Å²) in [4.78, 5) is 24.8. The van der Waals surface area contributed by atoms with Crippen LogP contribution < -0.4 is 5.32 Å². The number of hydrogen-bond acceptors (Lipinski definition) is 5. The van der Waals surface area contributed by atoms with Crippen LogP contribution in [0.15, 0.2) is 6.07 Å². The highest BCUT2D eigenvalue weighted by Gasteiger charge is 2.23. The van der Waals surface area contributed by atoms with Gasteiger partial charge in [0.1, 0.15) is 6.04 Å². The maximum atomic E-state index is 12.1. The number of amides is 1. The number of carbonyl (C=O) groups is 2. The third-order valence-corrected chi connectivity index (χ3v) is 4.30. The molecule has 0 fully saturated rings. The normalized spacial score (nSPS) is 15.4. The lowest BCUT2D eigenvalue weighted by molar-refractivity contribution is -0.139. The van der Waals surface area contributed by atoms with Crippen molar-refractivity contribution < 1.29 is 24.2 Å². The minimum Gasteiger partial charge on any atom is -0.480 e. The fraction of sp³-hybridized carbons (Fsp3) is 0.538. The van der Waals surface area contributed by atoms with Gasteiger partial charge in [-0.2, -0.15) is 0 Å². The van der Waals surface area contributed by atoms with Crippen molar-refractivity contribution in [2.45, 2.75) is 25.5 Å². The zero-order chi connectivity index (χ0) is 14.5. The first-order valence-electron chi connectivity index (χ1n) is 6.33. The molecule has 1 aromatic rings. The number of carboxylic acids is 1. The molecule has 6 nitrogen and oxygen atoms in total. The molecule has 0 aromatic carbocycles. The van der Waals surface area contributed by atoms with Crippen LogP contribution in [0.3, 0.4) is 0 Å². The highest BCUT2D eigenvalue weighted by atomic mass is 32.1. The van der Waals surface area contributed by atoms with Crippen LogP contribution in [-0.2, 0) is 27.3 Å². The van der Waals surface area contributed by atoms with Crippen LogP contribution in [0.5, 0.6) is 0 Å². The largest absolute Gasteiger partial charge is 0.480 e. The first-order valence-corrected chi connectivity index (χ1v) is 7.15. The maximum absolute atomic E-state index is 12.1. The highest BCUT2D eigenvalue weighted by Crippen LogP contribution is 2.26. The summed E-state index contributed by atoms with van der Waals surface area (Å²) in [5.41, 5.74) is 1.02. The van der Waals surface area contributed by atoms with E-state index in [1.165, 1.54) is 18.4 Å². The Balaban J connectivity index is 2.02. The lowest BCUT2D eigenvalue weighted by atomic mass is 10.2. The number of carbonyl (C=O) groups excluding carboxylic acids is 1. The van der Waals surface area contributed by atoms with E-state index in [1.807, 2.05) is 0 Å². The van der Waals surface area contributed by atoms with Gasteiger partial charge in [0.25, 0.3) is 5.91 Å². The molecule has 1 amide bonds. The van der Waals surface area contributed by atoms with Crippen LogP contribution in [0.4, 0.5) is 0 Å². The van der Waals surface area contributed by atoms with Crippen molar-refractivity contribution in [1.82, 2.24) is 5.32 Å². The smallest absolute Gasteiger partial charge is 0.326 e. The second kappa shape index (κ2) is 6.83. The number of rotatable bonds is 6. The van der Waals surface area contributed by atoms with Gasteiger partial charge in [-0.05, 0) is 11.6 Å². The highest BCUT2D eigenvalue weighted by molar-refractivity contribution is 7.14. The molecule has 110 valence electrons. The van der Waals surface area contributed by atoms with Crippen LogP contribution in [0, 0.1) is 0 Å². The Bertz CT molecular complexity index is 475. The third kappa shape index (κ3) is 3.56. The molecule has 0 spiro atoms. The minimum atomic E-state index is -1.06. The summed E-state index contributed by atoms with van der Waals surface area (Å²) in [6.45, 7) is 1.47. The number of methoxy groups -OCH3 is 1. The van der Waals surface area contributed by atoms with Gasteiger partial charge in [-0.15, -0.1) is 11.3 Å². The molecule has 1 aromatic heterocycles. The van der Waals surface area contributed by atoms with E-state index in [2.05, 4.69) is 5.32 Å². The zero-order valence-corrected chi connectivity index (χ0v) is 12.0. The van der Waals surface area contributed by atoms with E-state index in [4.69, 9.17) is 14.6 Å². The number of aliphatic carboxylic acids is 1. The molecule has 0 saturated carbocycles. The molecule has 7 heteroatoms. The maximum Gasteiger partial charge on any atom is 0.326 e. The Morgan fingerprint density at radius 3 is 3.05 bits per heavy atom. The number of fused-ring (bicyclic) bond motifs is 1. The van der Waals surface area contributed by atoms with Gasteiger partial charge < -0.3 is 19.9 Å². The van der Waals surface area contributed by atoms with Crippen molar-refractivity contribution >= 4 is 23.2 Å². The summed E-state index contributed by atoms with van der Waals surface area (Å²) in [6, 6.07) is 0.849. The predicted octanol–water partition coefficient (Wildman–Crippen LogP) is 1.04. The lowest BCUT2D eigenvalue weighted by Crippen LogP contribution is -2.41. The van der Waals surface area contributed by atoms with Gasteiger partial charge in [0.2, 0.25) is 0 Å². The average Bonchev–Trinajstić information content (AvgIpc) is 2.86. The number of hydrogen-bond donors (Lipinski definition) is 2. The van der Waals surface area contributed by atoms with E-state index in [0.29, 0.717) is 18.1 Å². The summed E-state index contributed by atoms with van der Waals surface area (Å²) < 4.78 is 10.2. The summed E-state index contributed by atoms with van der Waals surface area (Å²) in [5, 5.41) is 11.6. The van der Waals surface area contributed by atoms with Gasteiger partial charge in [0.15, 0.2) is 0 Å². The Kier molecular flexibility index (Phi) is 5.11. The summed E-state index contributed by atoms with van der Waals surface area (Å²) >= 11 is 1.40. The molecule has 0 aliphatic carbocycles. The molecule has 2 N–H and O–H groups in total. The Labute approximate surface area is 120 Å². The molecule has 1 aliphatic rings. The SMILES string of the molecule is COCCC(NC(=O)c1cc2c(s1)CCOC2)C(=O)O. The van der Waals surface area contributed by atoms with E-state index in [-0.39, 0.29) is 18.9 Å². The predicted molar refractivity (Wildman–Crippen MR) is 73.1 cm³/mol. The topological polar surface area (TPSA) is 84.9 Å². The monoisotopic (exact) mass is 299 g/mol. The van der Waals surface area contributed by atoms with E-state index < -0.39 is 12.0 Å². The second-order valence-corrected chi connectivity index (χ2v) is 5.64. The molecule has 1 unspecified atom stereocenters. The lowest BCUT2D eigenvalue weighted by Gasteiger charge is -2.13. The van der Waals surface area contributed by atoms with Crippen molar-refractivity contribution in [3.63, 3.8) is 0 Å². The van der Waals surface area contributed by atoms with Crippen LogP contribution in [-0.4, -0.2) is 43.3 Å². The van der Waals surface area contributed by atoms with Crippen molar-refractivity contribution in [1.29, 1.82) is 0 Å². The zero-order valence-electron chi connectivity index (χ0n) is 11.2. The Hall–Kier alpha value is -1.44. The molecule has 1 aliphatic heterocycles. The van der Waals surface area contributed by atoms with Gasteiger partial charge in [0.05, 0.1) is 18.1 Å². The minimum absolute atomic E-state index is 0.242. The van der Waals surface area contributed by atoms with Gasteiger partial charge >= 0.3 is 5.97 Å². The number of nitrogens with one attached hydrogen (secondary N) is 1. The van der Waals surface area contributed by atoms with Crippen molar-refractivity contribution in [2.24, 2.45) is 0 Å². The summed E-state index contributed by atoms with van der Waals surface area (Å²) in [5.74, 6) is -1.41. The van der Waals surface area contributed by atoms with Gasteiger partial charge in [-0.3, -0.25) is 4.79 Å². The average molecular weight is 299 g/mol. The molecule has 0 bridgehead atoms. The van der Waals surface area contributed by atoms with Crippen LogP contribution in [0.1, 0.15) is 26.5 Å². The first kappa shape index (κ1) is 15.0. The number of thiophene rings is 1. The molecule has 2 rings (SSSR count). The second-order valence-electron chi connectivity index (χ2n) is 4.51. The number of ether oxygens (including phenoxy) is 2. The summed E-state index contributed by atoms with van der Waals surface area (Å²) in [7, 11) is 1.49. The molecular weight excluding hydrogens is 282 g/mol. The fourth-order valence-electron chi connectivity index (χ4n) is 1.98. The van der Waals surface area contributed by atoms with Gasteiger partial charge in [0, 0.05) is 31.4 Å². The van der Waals surface area contributed by atoms with Crippen molar-refractivity contribution in [3.05, 3.63) is 21.4 Å². The third-order valence-electron chi connectivity index (χ3n) is 3.07. The van der Waals surface area contributed by atoms with E-state index >= 15 is 0 Å². The molecular formula is C13H17NO5S. The van der Waals surface area contributed by atoms with E-state index in [0.717, 1.165) is 16.9 Å². The molecule has 1 atom stereocenters. The molecule has 0 radical (unpaired) electrons. The fourth-order valence-corrected chi connectivity index (χ4v) is 3.03. The quantitative estimate of drug-likeness (QED) is 0.820. The van der Waals surface area contributed by atoms with Crippen LogP contribution in [0.2, 0.25) is 0 Å². The Morgan fingerprint density at radius 1 is 1.60 bits per heavy atom. The molecule has 20 heavy (non-hydrogen) atoms. The van der Waals surface area contributed by atoms with Gasteiger partial charge in [-0.25, -0.2) is 4.79 Å². The van der Waals surface area contributed by atoms with E-state index in [1.54, 1.807) is 6.07 Å². The van der Waals surface area contributed by atoms with Crippen molar-refractivity contribution in [2.75, 3.05) is 20.3 Å². The van der Waals surface area contributed by atoms with Crippen LogP contribution in [0.25, 0.3) is 0 Å². The van der Waals surface area contributed by atoms with Gasteiger partial charge in [-0.1, -0.05) is 0 Å². The standard InChI is InChI=1S/C13H17NO5S/c1-18-4-2-9(13(16)17)14-12(15)11-6-8-7-19-5-3-10(8)20-11/h6,9H,2-5,7H2,1H3,(H,14,15)(H,16,17).